The third kappa shape index (κ3) is 4.02. The van der Waals surface area contributed by atoms with Gasteiger partial charge in [0.2, 0.25) is 0 Å². The van der Waals surface area contributed by atoms with Crippen LogP contribution in [0.25, 0.3) is 0 Å². The second-order valence-corrected chi connectivity index (χ2v) is 7.33. The molecule has 0 saturated heterocycles. The van der Waals surface area contributed by atoms with Crippen LogP contribution in [0.1, 0.15) is 54.7 Å². The van der Waals surface area contributed by atoms with E-state index in [1.807, 2.05) is 30.3 Å². The molecule has 0 bridgehead atoms. The maximum Gasteiger partial charge on any atom is 0.339 e. The first-order valence-corrected chi connectivity index (χ1v) is 9.81. The van der Waals surface area contributed by atoms with Crippen LogP contribution >= 0.6 is 0 Å². The van der Waals surface area contributed by atoms with E-state index >= 15 is 0 Å². The summed E-state index contributed by atoms with van der Waals surface area (Å²) in [5.41, 5.74) is 1.50. The number of rotatable bonds is 4. The van der Waals surface area contributed by atoms with Gasteiger partial charge in [0.15, 0.2) is 5.78 Å². The van der Waals surface area contributed by atoms with Crippen LogP contribution < -0.4 is 10.9 Å². The molecule has 7 heteroatoms. The van der Waals surface area contributed by atoms with Gasteiger partial charge in [-0.3, -0.25) is 14.4 Å². The summed E-state index contributed by atoms with van der Waals surface area (Å²) in [4.78, 5) is 52.8. The molecular formula is C24H20N2O5. The molecule has 0 saturated carbocycles. The second-order valence-electron chi connectivity index (χ2n) is 7.33. The number of nitrogens with one attached hydrogen (secondary N) is 2. The molecule has 0 radical (unpaired) electrons. The first-order chi connectivity index (χ1) is 15.0. The highest BCUT2D eigenvalue weighted by Gasteiger charge is 2.29. The van der Waals surface area contributed by atoms with Crippen molar-refractivity contribution in [2.45, 2.75) is 18.8 Å². The number of para-hydroxylation sites is 1. The number of fused-ring (bicyclic) bond motifs is 1. The summed E-state index contributed by atoms with van der Waals surface area (Å²) in [5.74, 6) is -1.48. The fourth-order valence-corrected chi connectivity index (χ4v) is 3.83. The number of Topliss-reactive ketones (excluding diaryl/α,β-unsaturated/α-hetero) is 1. The first-order valence-electron chi connectivity index (χ1n) is 9.81. The van der Waals surface area contributed by atoms with Gasteiger partial charge in [0.1, 0.15) is 5.56 Å². The van der Waals surface area contributed by atoms with Crippen LogP contribution in [0.5, 0.6) is 0 Å². The van der Waals surface area contributed by atoms with E-state index in [0.717, 1.165) is 5.56 Å². The molecule has 0 aliphatic heterocycles. The van der Waals surface area contributed by atoms with Gasteiger partial charge in [-0.15, -0.1) is 0 Å². The van der Waals surface area contributed by atoms with E-state index in [1.165, 1.54) is 25.3 Å². The number of benzene rings is 2. The SMILES string of the molecule is COC(=O)c1ccccc1NC(=O)c1cc2c([nH]c1=O)C[C@H](c1ccccc1)CC2=O. The molecule has 1 heterocycles. The van der Waals surface area contributed by atoms with E-state index in [2.05, 4.69) is 10.3 Å². The number of carbonyl (C=O) groups is 3. The van der Waals surface area contributed by atoms with E-state index in [4.69, 9.17) is 4.74 Å². The molecule has 7 nitrogen and oxygen atoms in total. The molecule has 3 aromatic rings. The zero-order valence-corrected chi connectivity index (χ0v) is 16.8. The molecule has 1 aliphatic rings. The maximum atomic E-state index is 12.8. The van der Waals surface area contributed by atoms with E-state index in [1.54, 1.807) is 12.1 Å². The Morgan fingerprint density at radius 2 is 1.68 bits per heavy atom. The summed E-state index contributed by atoms with van der Waals surface area (Å²) < 4.78 is 4.72. The number of carbonyl (C=O) groups excluding carboxylic acids is 3. The van der Waals surface area contributed by atoms with Crippen molar-refractivity contribution in [1.29, 1.82) is 0 Å². The molecule has 1 amide bonds. The molecule has 1 atom stereocenters. The summed E-state index contributed by atoms with van der Waals surface area (Å²) in [6, 6.07) is 17.3. The minimum atomic E-state index is -0.710. The predicted octanol–water partition coefficient (Wildman–Crippen LogP) is 3.33. The highest BCUT2D eigenvalue weighted by molar-refractivity contribution is 6.09. The van der Waals surface area contributed by atoms with Gasteiger partial charge in [-0.2, -0.15) is 0 Å². The quantitative estimate of drug-likeness (QED) is 0.635. The van der Waals surface area contributed by atoms with Crippen LogP contribution in [0.15, 0.2) is 65.5 Å². The Hall–Kier alpha value is -4.00. The van der Waals surface area contributed by atoms with Gasteiger partial charge in [-0.1, -0.05) is 42.5 Å². The highest BCUT2D eigenvalue weighted by atomic mass is 16.5. The molecule has 2 aromatic carbocycles. The number of methoxy groups -OCH3 is 1. The van der Waals surface area contributed by atoms with Crippen molar-refractivity contribution < 1.29 is 19.1 Å². The Morgan fingerprint density at radius 1 is 0.968 bits per heavy atom. The Labute approximate surface area is 178 Å². The Balaban J connectivity index is 1.63. The van der Waals surface area contributed by atoms with Gasteiger partial charge in [-0.05, 0) is 36.1 Å². The number of hydrogen-bond donors (Lipinski definition) is 2. The molecule has 4 rings (SSSR count). The molecule has 0 spiro atoms. The third-order valence-electron chi connectivity index (χ3n) is 5.40. The lowest BCUT2D eigenvalue weighted by molar-refractivity contribution is 0.0601. The molecular weight excluding hydrogens is 396 g/mol. The number of aromatic nitrogens is 1. The fraction of sp³-hybridized carbons (Fsp3) is 0.167. The summed E-state index contributed by atoms with van der Waals surface area (Å²) in [6.45, 7) is 0. The van der Waals surface area contributed by atoms with Crippen molar-refractivity contribution in [1.82, 2.24) is 4.98 Å². The Kier molecular flexibility index (Phi) is 5.49. The molecule has 1 aliphatic carbocycles. The summed E-state index contributed by atoms with van der Waals surface area (Å²) in [5, 5.41) is 2.57. The highest BCUT2D eigenvalue weighted by Crippen LogP contribution is 2.31. The summed E-state index contributed by atoms with van der Waals surface area (Å²) in [6.07, 6.45) is 0.808. The maximum absolute atomic E-state index is 12.8. The molecule has 0 unspecified atom stereocenters. The van der Waals surface area contributed by atoms with E-state index in [9.17, 15) is 19.2 Å². The van der Waals surface area contributed by atoms with Crippen LogP contribution in [0.2, 0.25) is 0 Å². The van der Waals surface area contributed by atoms with Gasteiger partial charge in [0.25, 0.3) is 11.5 Å². The van der Waals surface area contributed by atoms with Crippen LogP contribution in [0, 0.1) is 0 Å². The van der Waals surface area contributed by atoms with Crippen molar-refractivity contribution in [3.8, 4) is 0 Å². The topological polar surface area (TPSA) is 105 Å². The Bertz CT molecular complexity index is 1230. The van der Waals surface area contributed by atoms with Crippen LogP contribution in [-0.4, -0.2) is 29.8 Å². The monoisotopic (exact) mass is 416 g/mol. The zero-order chi connectivity index (χ0) is 22.0. The summed E-state index contributed by atoms with van der Waals surface area (Å²) in [7, 11) is 1.24. The third-order valence-corrected chi connectivity index (χ3v) is 5.40. The minimum absolute atomic E-state index is 0.0246. The number of aromatic amines is 1. The number of pyridine rings is 1. The number of esters is 1. The first kappa shape index (κ1) is 20.3. The summed E-state index contributed by atoms with van der Waals surface area (Å²) >= 11 is 0. The Morgan fingerprint density at radius 3 is 2.42 bits per heavy atom. The number of H-pyrrole nitrogens is 1. The van der Waals surface area contributed by atoms with Crippen LogP contribution in [0.4, 0.5) is 5.69 Å². The number of ether oxygens (including phenoxy) is 1. The van der Waals surface area contributed by atoms with Crippen molar-refractivity contribution in [2.24, 2.45) is 0 Å². The number of anilines is 1. The van der Waals surface area contributed by atoms with Gasteiger partial charge < -0.3 is 15.0 Å². The van der Waals surface area contributed by atoms with Gasteiger partial charge in [0, 0.05) is 17.7 Å². The lowest BCUT2D eigenvalue weighted by Crippen LogP contribution is -2.29. The van der Waals surface area contributed by atoms with Crippen LogP contribution in [-0.2, 0) is 11.2 Å². The van der Waals surface area contributed by atoms with Crippen molar-refractivity contribution >= 4 is 23.3 Å². The molecule has 0 fully saturated rings. The largest absolute Gasteiger partial charge is 0.465 e. The zero-order valence-electron chi connectivity index (χ0n) is 16.8. The van der Waals surface area contributed by atoms with Crippen molar-refractivity contribution in [3.63, 3.8) is 0 Å². The number of hydrogen-bond acceptors (Lipinski definition) is 5. The van der Waals surface area contributed by atoms with Gasteiger partial charge >= 0.3 is 5.97 Å². The van der Waals surface area contributed by atoms with E-state index < -0.39 is 17.4 Å². The smallest absolute Gasteiger partial charge is 0.339 e. The lowest BCUT2D eigenvalue weighted by atomic mass is 9.81. The molecule has 31 heavy (non-hydrogen) atoms. The van der Waals surface area contributed by atoms with Gasteiger partial charge in [-0.25, -0.2) is 4.79 Å². The minimum Gasteiger partial charge on any atom is -0.465 e. The van der Waals surface area contributed by atoms with E-state index in [0.29, 0.717) is 24.1 Å². The fourth-order valence-electron chi connectivity index (χ4n) is 3.83. The average molecular weight is 416 g/mol. The molecule has 2 N–H and O–H groups in total. The van der Waals surface area contributed by atoms with Crippen molar-refractivity contribution in [2.75, 3.05) is 12.4 Å². The normalized spacial score (nSPS) is 15.1. The number of amides is 1. The predicted molar refractivity (Wildman–Crippen MR) is 115 cm³/mol. The van der Waals surface area contributed by atoms with E-state index in [-0.39, 0.29) is 28.5 Å². The lowest BCUT2D eigenvalue weighted by Gasteiger charge is -2.24. The van der Waals surface area contributed by atoms with Crippen molar-refractivity contribution in [3.05, 3.63) is 99.0 Å². The number of ketones is 1. The van der Waals surface area contributed by atoms with Gasteiger partial charge in [0.05, 0.1) is 18.4 Å². The molecule has 156 valence electrons. The average Bonchev–Trinajstić information content (AvgIpc) is 2.79. The standard InChI is InChI=1S/C24H20N2O5/c1-31-24(30)16-9-5-6-10-19(16)25-22(28)18-13-17-20(26-23(18)29)11-15(12-21(17)27)14-7-3-2-4-8-14/h2-10,13,15H,11-12H2,1H3,(H,25,28)(H,26,29)/t15-/m0/s1. The second kappa shape index (κ2) is 8.39. The van der Waals surface area contributed by atoms with Crippen LogP contribution in [0.3, 0.4) is 0 Å². The molecule has 1 aromatic heterocycles.